The van der Waals surface area contributed by atoms with Crippen LogP contribution in [0.5, 0.6) is 5.75 Å². The number of pyridine rings is 1. The predicted octanol–water partition coefficient (Wildman–Crippen LogP) is 4.17. The van der Waals surface area contributed by atoms with Crippen molar-refractivity contribution in [2.24, 2.45) is 0 Å². The van der Waals surface area contributed by atoms with Gasteiger partial charge in [0.2, 0.25) is 0 Å². The van der Waals surface area contributed by atoms with E-state index in [0.29, 0.717) is 6.42 Å². The lowest BCUT2D eigenvalue weighted by Crippen LogP contribution is -1.93. The molecule has 2 aromatic rings. The number of methoxy groups -OCH3 is 1. The number of hydrogen-bond acceptors (Lipinski definition) is 3. The largest absolute Gasteiger partial charge is 0.497 e. The number of nitrogens with zero attached hydrogens (tertiary/aromatic N) is 1. The highest BCUT2D eigenvalue weighted by atomic mass is 16.5. The van der Waals surface area contributed by atoms with Crippen LogP contribution in [0.3, 0.4) is 0 Å². The number of ether oxygens (including phenoxy) is 1. The minimum Gasteiger partial charge on any atom is -0.497 e. The zero-order chi connectivity index (χ0) is 16.5. The molecule has 0 amide bonds. The molecule has 4 heteroatoms. The molecule has 0 atom stereocenters. The van der Waals surface area contributed by atoms with E-state index in [0.717, 1.165) is 35.3 Å². The van der Waals surface area contributed by atoms with Crippen molar-refractivity contribution in [1.29, 1.82) is 0 Å². The molecule has 0 aliphatic heterocycles. The number of rotatable bonds is 8. The lowest BCUT2D eigenvalue weighted by Gasteiger charge is -2.09. The van der Waals surface area contributed by atoms with Gasteiger partial charge in [0.1, 0.15) is 5.75 Å². The Kier molecular flexibility index (Phi) is 6.36. The normalized spacial score (nSPS) is 11.3. The highest BCUT2D eigenvalue weighted by molar-refractivity contribution is 5.79. The number of benzene rings is 1. The first-order chi connectivity index (χ1) is 11.2. The zero-order valence-corrected chi connectivity index (χ0v) is 13.2. The smallest absolute Gasteiger partial charge is 0.303 e. The van der Waals surface area contributed by atoms with Crippen molar-refractivity contribution in [3.8, 4) is 5.75 Å². The van der Waals surface area contributed by atoms with Crippen molar-refractivity contribution in [2.75, 3.05) is 7.11 Å². The van der Waals surface area contributed by atoms with Crippen molar-refractivity contribution >= 4 is 11.5 Å². The molecular formula is C19H21NO3. The fourth-order valence-electron chi connectivity index (χ4n) is 2.36. The number of carbonyl (C=O) groups is 1. The van der Waals surface area contributed by atoms with Crippen molar-refractivity contribution in [3.05, 3.63) is 66.0 Å². The van der Waals surface area contributed by atoms with Gasteiger partial charge in [-0.3, -0.25) is 9.78 Å². The van der Waals surface area contributed by atoms with E-state index in [1.54, 1.807) is 13.3 Å². The molecule has 0 aliphatic carbocycles. The Morgan fingerprint density at radius 2 is 1.96 bits per heavy atom. The SMILES string of the molecule is COc1ccc(/C(=C/CCCCC(=O)O)c2cccnc2)cc1. The Morgan fingerprint density at radius 1 is 1.17 bits per heavy atom. The Balaban J connectivity index is 2.16. The Bertz CT molecular complexity index is 648. The van der Waals surface area contributed by atoms with Gasteiger partial charge < -0.3 is 9.84 Å². The molecule has 1 aromatic heterocycles. The molecule has 0 aliphatic rings. The van der Waals surface area contributed by atoms with Crippen molar-refractivity contribution < 1.29 is 14.6 Å². The molecular weight excluding hydrogens is 290 g/mol. The molecule has 1 N–H and O–H groups in total. The molecule has 1 aromatic carbocycles. The van der Waals surface area contributed by atoms with Gasteiger partial charge in [-0.25, -0.2) is 0 Å². The van der Waals surface area contributed by atoms with Gasteiger partial charge in [-0.1, -0.05) is 24.3 Å². The van der Waals surface area contributed by atoms with Crippen LogP contribution in [0.15, 0.2) is 54.9 Å². The van der Waals surface area contributed by atoms with Crippen LogP contribution in [0.2, 0.25) is 0 Å². The van der Waals surface area contributed by atoms with E-state index in [1.807, 2.05) is 42.6 Å². The maximum absolute atomic E-state index is 10.6. The molecule has 0 bridgehead atoms. The first-order valence-corrected chi connectivity index (χ1v) is 7.67. The van der Waals surface area contributed by atoms with Crippen LogP contribution in [-0.4, -0.2) is 23.2 Å². The Morgan fingerprint density at radius 3 is 2.57 bits per heavy atom. The fraction of sp³-hybridized carbons (Fsp3) is 0.263. The highest BCUT2D eigenvalue weighted by Crippen LogP contribution is 2.25. The quantitative estimate of drug-likeness (QED) is 0.743. The monoisotopic (exact) mass is 311 g/mol. The second-order valence-electron chi connectivity index (χ2n) is 5.23. The summed E-state index contributed by atoms with van der Waals surface area (Å²) in [6.07, 6.45) is 8.35. The summed E-state index contributed by atoms with van der Waals surface area (Å²) >= 11 is 0. The van der Waals surface area contributed by atoms with Crippen LogP contribution >= 0.6 is 0 Å². The number of aromatic nitrogens is 1. The molecule has 0 spiro atoms. The van der Waals surface area contributed by atoms with Gasteiger partial charge in [0, 0.05) is 24.4 Å². The minimum absolute atomic E-state index is 0.221. The number of aliphatic carboxylic acids is 1. The second-order valence-corrected chi connectivity index (χ2v) is 5.23. The summed E-state index contributed by atoms with van der Waals surface area (Å²) in [6, 6.07) is 11.9. The zero-order valence-electron chi connectivity index (χ0n) is 13.2. The third-order valence-electron chi connectivity index (χ3n) is 3.57. The molecule has 4 nitrogen and oxygen atoms in total. The molecule has 0 saturated carbocycles. The van der Waals surface area contributed by atoms with E-state index >= 15 is 0 Å². The summed E-state index contributed by atoms with van der Waals surface area (Å²) < 4.78 is 5.20. The Hall–Kier alpha value is -2.62. The Labute approximate surface area is 136 Å². The number of carboxylic acids is 1. The average molecular weight is 311 g/mol. The fourth-order valence-corrected chi connectivity index (χ4v) is 2.36. The third-order valence-corrected chi connectivity index (χ3v) is 3.57. The van der Waals surface area contributed by atoms with Crippen LogP contribution < -0.4 is 4.74 Å². The van der Waals surface area contributed by atoms with Crippen molar-refractivity contribution in [1.82, 2.24) is 4.98 Å². The van der Waals surface area contributed by atoms with Crippen molar-refractivity contribution in [3.63, 3.8) is 0 Å². The van der Waals surface area contributed by atoms with Crippen LogP contribution in [0, 0.1) is 0 Å². The highest BCUT2D eigenvalue weighted by Gasteiger charge is 2.05. The lowest BCUT2D eigenvalue weighted by molar-refractivity contribution is -0.137. The average Bonchev–Trinajstić information content (AvgIpc) is 2.59. The number of hydrogen-bond donors (Lipinski definition) is 1. The van der Waals surface area contributed by atoms with Crippen molar-refractivity contribution in [2.45, 2.75) is 25.7 Å². The molecule has 23 heavy (non-hydrogen) atoms. The first-order valence-electron chi connectivity index (χ1n) is 7.67. The van der Waals surface area contributed by atoms with Crippen LogP contribution in [-0.2, 0) is 4.79 Å². The van der Waals surface area contributed by atoms with E-state index in [4.69, 9.17) is 9.84 Å². The third kappa shape index (κ3) is 5.25. The van der Waals surface area contributed by atoms with E-state index in [2.05, 4.69) is 11.1 Å². The van der Waals surface area contributed by atoms with Gasteiger partial charge in [-0.15, -0.1) is 0 Å². The molecule has 0 fully saturated rings. The topological polar surface area (TPSA) is 59.4 Å². The molecule has 2 rings (SSSR count). The molecule has 0 unspecified atom stereocenters. The summed E-state index contributed by atoms with van der Waals surface area (Å²) in [5.41, 5.74) is 3.25. The van der Waals surface area contributed by atoms with Gasteiger partial charge in [0.05, 0.1) is 7.11 Å². The van der Waals surface area contributed by atoms with E-state index < -0.39 is 5.97 Å². The van der Waals surface area contributed by atoms with Crippen LogP contribution in [0.25, 0.3) is 5.57 Å². The second kappa shape index (κ2) is 8.73. The molecule has 1 heterocycles. The summed E-state index contributed by atoms with van der Waals surface area (Å²) in [5, 5.41) is 8.69. The summed E-state index contributed by atoms with van der Waals surface area (Å²) in [5.74, 6) is 0.0809. The molecule has 0 radical (unpaired) electrons. The number of unbranched alkanes of at least 4 members (excludes halogenated alkanes) is 2. The minimum atomic E-state index is -0.739. The van der Waals surface area contributed by atoms with E-state index in [9.17, 15) is 4.79 Å². The molecule has 0 saturated heterocycles. The number of allylic oxidation sites excluding steroid dienone is 1. The first kappa shape index (κ1) is 16.7. The summed E-state index contributed by atoms with van der Waals surface area (Å²) in [6.45, 7) is 0. The van der Waals surface area contributed by atoms with Gasteiger partial charge >= 0.3 is 5.97 Å². The maximum Gasteiger partial charge on any atom is 0.303 e. The van der Waals surface area contributed by atoms with E-state index in [-0.39, 0.29) is 6.42 Å². The van der Waals surface area contributed by atoms with Gasteiger partial charge in [0.15, 0.2) is 0 Å². The van der Waals surface area contributed by atoms with Crippen LogP contribution in [0.4, 0.5) is 0 Å². The standard InChI is InChI=1S/C19H21NO3/c1-23-17-11-9-15(10-12-17)18(16-6-5-13-20-14-16)7-3-2-4-8-19(21)22/h5-7,9-14H,2-4,8H2,1H3,(H,21,22)/b18-7-. The van der Waals surface area contributed by atoms with Gasteiger partial charge in [-0.2, -0.15) is 0 Å². The van der Waals surface area contributed by atoms with Gasteiger partial charge in [-0.05, 0) is 48.6 Å². The summed E-state index contributed by atoms with van der Waals surface area (Å²) in [7, 11) is 1.65. The van der Waals surface area contributed by atoms with Crippen LogP contribution in [0.1, 0.15) is 36.8 Å². The summed E-state index contributed by atoms with van der Waals surface area (Å²) in [4.78, 5) is 14.8. The number of carboxylic acid groups (broad SMARTS) is 1. The maximum atomic E-state index is 10.6. The predicted molar refractivity (Wildman–Crippen MR) is 90.4 cm³/mol. The van der Waals surface area contributed by atoms with E-state index in [1.165, 1.54) is 0 Å². The lowest BCUT2D eigenvalue weighted by atomic mass is 9.97. The van der Waals surface area contributed by atoms with Gasteiger partial charge in [0.25, 0.3) is 0 Å². The molecule has 120 valence electrons.